The highest BCUT2D eigenvalue weighted by atomic mass is 16.3. The van der Waals surface area contributed by atoms with E-state index in [-0.39, 0.29) is 12.5 Å². The molecule has 2 unspecified atom stereocenters. The maximum atomic E-state index is 12.5. The van der Waals surface area contributed by atoms with E-state index in [1.807, 2.05) is 6.08 Å². The Hall–Kier alpha value is -1.65. The minimum absolute atomic E-state index is 0.0684. The molecule has 4 heteroatoms. The van der Waals surface area contributed by atoms with Crippen molar-refractivity contribution in [1.29, 1.82) is 0 Å². The molecule has 0 heterocycles. The van der Waals surface area contributed by atoms with E-state index in [2.05, 4.69) is 55.6 Å². The van der Waals surface area contributed by atoms with Gasteiger partial charge in [0.15, 0.2) is 0 Å². The fourth-order valence-corrected chi connectivity index (χ4v) is 9.58. The largest absolute Gasteiger partial charge is 0.394 e. The Morgan fingerprint density at radius 1 is 0.353 bits per heavy atom. The number of unbranched alkanes of at least 4 members (excludes halogenated alkanes) is 44. The predicted molar refractivity (Wildman–Crippen MR) is 304 cm³/mol. The first-order valence-corrected chi connectivity index (χ1v) is 30.9. The number of aliphatic hydroxyl groups is 2. The lowest BCUT2D eigenvalue weighted by atomic mass is 10.0. The summed E-state index contributed by atoms with van der Waals surface area (Å²) in [5, 5.41) is 23.2. The molecule has 0 saturated heterocycles. The van der Waals surface area contributed by atoms with Gasteiger partial charge in [0.1, 0.15) is 0 Å². The highest BCUT2D eigenvalue weighted by Crippen LogP contribution is 2.18. The van der Waals surface area contributed by atoms with Gasteiger partial charge in [-0.2, -0.15) is 0 Å². The van der Waals surface area contributed by atoms with Gasteiger partial charge in [-0.25, -0.2) is 0 Å². The Balaban J connectivity index is 3.48. The fourth-order valence-electron chi connectivity index (χ4n) is 9.58. The molecule has 0 aromatic rings. The van der Waals surface area contributed by atoms with Crippen LogP contribution in [0.1, 0.15) is 335 Å². The van der Waals surface area contributed by atoms with Crippen LogP contribution in [0.3, 0.4) is 0 Å². The van der Waals surface area contributed by atoms with E-state index in [0.29, 0.717) is 6.42 Å². The number of hydrogen-bond acceptors (Lipinski definition) is 3. The zero-order valence-corrected chi connectivity index (χ0v) is 46.1. The van der Waals surface area contributed by atoms with E-state index in [0.717, 1.165) is 38.5 Å². The van der Waals surface area contributed by atoms with Gasteiger partial charge in [-0.1, -0.05) is 313 Å². The second kappa shape index (κ2) is 59.7. The first kappa shape index (κ1) is 66.3. The SMILES string of the molecule is CCCCCCC/C=C\C/C=C\CCCCCCCCCCCCCCCCCCCCCC(=O)NC(CO)C(O)/C=C/CC/C=C/CCCCCCCCCCCCCCCCCCCCC. The summed E-state index contributed by atoms with van der Waals surface area (Å²) in [6.07, 6.45) is 83.0. The van der Waals surface area contributed by atoms with Gasteiger partial charge >= 0.3 is 0 Å². The first-order chi connectivity index (χ1) is 33.7. The lowest BCUT2D eigenvalue weighted by Crippen LogP contribution is -2.45. The molecule has 68 heavy (non-hydrogen) atoms. The van der Waals surface area contributed by atoms with Crippen LogP contribution in [0.2, 0.25) is 0 Å². The Morgan fingerprint density at radius 3 is 0.941 bits per heavy atom. The molecular weight excluding hydrogens is 831 g/mol. The van der Waals surface area contributed by atoms with Crippen molar-refractivity contribution in [3.63, 3.8) is 0 Å². The number of allylic oxidation sites excluding steroid dienone is 7. The summed E-state index contributed by atoms with van der Waals surface area (Å²) in [5.41, 5.74) is 0. The van der Waals surface area contributed by atoms with Crippen LogP contribution >= 0.6 is 0 Å². The molecule has 4 nitrogen and oxygen atoms in total. The van der Waals surface area contributed by atoms with Crippen molar-refractivity contribution in [2.24, 2.45) is 0 Å². The minimum atomic E-state index is -0.863. The van der Waals surface area contributed by atoms with Crippen molar-refractivity contribution in [3.05, 3.63) is 48.6 Å². The second-order valence-corrected chi connectivity index (χ2v) is 21.1. The second-order valence-electron chi connectivity index (χ2n) is 21.1. The van der Waals surface area contributed by atoms with E-state index in [1.54, 1.807) is 6.08 Å². The normalized spacial score (nSPS) is 13.1. The van der Waals surface area contributed by atoms with Gasteiger partial charge < -0.3 is 15.5 Å². The topological polar surface area (TPSA) is 69.6 Å². The number of nitrogens with one attached hydrogen (secondary N) is 1. The van der Waals surface area contributed by atoms with Crippen LogP contribution in [0.4, 0.5) is 0 Å². The molecule has 0 saturated carbocycles. The van der Waals surface area contributed by atoms with E-state index in [1.165, 1.54) is 276 Å². The van der Waals surface area contributed by atoms with Crippen molar-refractivity contribution >= 4 is 5.91 Å². The summed E-state index contributed by atoms with van der Waals surface area (Å²) in [6, 6.07) is -0.640. The monoisotopic (exact) mass is 952 g/mol. The Bertz CT molecular complexity index is 1080. The Morgan fingerprint density at radius 2 is 0.618 bits per heavy atom. The van der Waals surface area contributed by atoms with Crippen LogP contribution < -0.4 is 5.32 Å². The molecule has 0 aliphatic rings. The van der Waals surface area contributed by atoms with Gasteiger partial charge in [0.05, 0.1) is 18.8 Å². The highest BCUT2D eigenvalue weighted by molar-refractivity contribution is 5.76. The lowest BCUT2D eigenvalue weighted by molar-refractivity contribution is -0.123. The summed E-state index contributed by atoms with van der Waals surface area (Å²) >= 11 is 0. The van der Waals surface area contributed by atoms with E-state index < -0.39 is 12.1 Å². The molecule has 0 bridgehead atoms. The van der Waals surface area contributed by atoms with Gasteiger partial charge in [0.2, 0.25) is 5.91 Å². The number of aliphatic hydroxyl groups excluding tert-OH is 2. The number of carbonyl (C=O) groups excluding carboxylic acids is 1. The van der Waals surface area contributed by atoms with Crippen LogP contribution in [0, 0.1) is 0 Å². The molecular formula is C64H121NO3. The van der Waals surface area contributed by atoms with E-state index in [9.17, 15) is 15.0 Å². The number of rotatable bonds is 57. The molecule has 0 radical (unpaired) electrons. The van der Waals surface area contributed by atoms with Gasteiger partial charge in [0.25, 0.3) is 0 Å². The third-order valence-electron chi connectivity index (χ3n) is 14.3. The molecule has 0 spiro atoms. The fraction of sp³-hybridized carbons (Fsp3) is 0.859. The van der Waals surface area contributed by atoms with Crippen molar-refractivity contribution in [2.75, 3.05) is 6.61 Å². The summed E-state index contributed by atoms with van der Waals surface area (Å²) < 4.78 is 0. The van der Waals surface area contributed by atoms with Gasteiger partial charge in [-0.3, -0.25) is 4.79 Å². The predicted octanol–water partition coefficient (Wildman–Crippen LogP) is 20.6. The van der Waals surface area contributed by atoms with Crippen LogP contribution in [0.15, 0.2) is 48.6 Å². The van der Waals surface area contributed by atoms with Gasteiger partial charge in [-0.05, 0) is 64.2 Å². The minimum Gasteiger partial charge on any atom is -0.394 e. The smallest absolute Gasteiger partial charge is 0.220 e. The summed E-state index contributed by atoms with van der Waals surface area (Å²) in [4.78, 5) is 12.5. The maximum absolute atomic E-state index is 12.5. The number of hydrogen-bond donors (Lipinski definition) is 3. The summed E-state index contributed by atoms with van der Waals surface area (Å²) in [5.74, 6) is -0.0684. The van der Waals surface area contributed by atoms with Gasteiger partial charge in [-0.15, -0.1) is 0 Å². The molecule has 0 aliphatic carbocycles. The highest BCUT2D eigenvalue weighted by Gasteiger charge is 2.18. The van der Waals surface area contributed by atoms with E-state index >= 15 is 0 Å². The summed E-state index contributed by atoms with van der Waals surface area (Å²) in [6.45, 7) is 4.32. The van der Waals surface area contributed by atoms with Crippen LogP contribution in [-0.4, -0.2) is 34.9 Å². The number of carbonyl (C=O) groups is 1. The number of amides is 1. The maximum Gasteiger partial charge on any atom is 0.220 e. The lowest BCUT2D eigenvalue weighted by Gasteiger charge is -2.19. The van der Waals surface area contributed by atoms with Crippen molar-refractivity contribution < 1.29 is 15.0 Å². The average molecular weight is 953 g/mol. The average Bonchev–Trinajstić information content (AvgIpc) is 3.34. The molecule has 400 valence electrons. The Labute approximate surface area is 426 Å². The molecule has 1 amide bonds. The van der Waals surface area contributed by atoms with Crippen LogP contribution in [-0.2, 0) is 4.79 Å². The van der Waals surface area contributed by atoms with Crippen molar-refractivity contribution in [1.82, 2.24) is 5.32 Å². The van der Waals surface area contributed by atoms with Gasteiger partial charge in [0, 0.05) is 6.42 Å². The Kier molecular flexibility index (Phi) is 58.2. The zero-order chi connectivity index (χ0) is 49.2. The molecule has 2 atom stereocenters. The molecule has 0 fully saturated rings. The standard InChI is InChI=1S/C64H121NO3/c1-3-5-7-9-11-13-15-17-19-21-23-25-27-29-30-31-32-33-34-36-38-40-42-44-46-48-50-52-54-56-58-60-64(68)65-62(61-66)63(67)59-57-55-53-51-49-47-45-43-41-39-37-35-28-26-24-22-20-18-16-14-12-10-8-6-4-2/h15,17,21,23,49,51,57,59,62-63,66-67H,3-14,16,18-20,22,24-48,50,52-56,58,60-61H2,1-2H3,(H,65,68)/b17-15-,23-21-,51-49+,59-57+. The third-order valence-corrected chi connectivity index (χ3v) is 14.3. The zero-order valence-electron chi connectivity index (χ0n) is 46.1. The van der Waals surface area contributed by atoms with Crippen molar-refractivity contribution in [2.45, 2.75) is 347 Å². The molecule has 0 rings (SSSR count). The quantitative estimate of drug-likeness (QED) is 0.0420. The van der Waals surface area contributed by atoms with Crippen LogP contribution in [0.5, 0.6) is 0 Å². The van der Waals surface area contributed by atoms with Crippen LogP contribution in [0.25, 0.3) is 0 Å². The summed E-state index contributed by atoms with van der Waals surface area (Å²) in [7, 11) is 0. The van der Waals surface area contributed by atoms with E-state index in [4.69, 9.17) is 0 Å². The molecule has 0 aromatic heterocycles. The van der Waals surface area contributed by atoms with Crippen molar-refractivity contribution in [3.8, 4) is 0 Å². The molecule has 0 aromatic carbocycles. The molecule has 3 N–H and O–H groups in total. The third kappa shape index (κ3) is 55.3. The molecule has 0 aliphatic heterocycles. The first-order valence-electron chi connectivity index (χ1n) is 30.9.